The van der Waals surface area contributed by atoms with Crippen LogP contribution in [0.1, 0.15) is 92.4 Å². The Kier molecular flexibility index (Phi) is 18.5. The van der Waals surface area contributed by atoms with Gasteiger partial charge in [-0.1, -0.05) is 21.6 Å². The molecule has 3 N–H and O–H groups in total. The van der Waals surface area contributed by atoms with Gasteiger partial charge < -0.3 is 49.3 Å². The Morgan fingerprint density at radius 1 is 0.773 bits per heavy atom. The van der Waals surface area contributed by atoms with E-state index in [1.54, 1.807) is 62.7 Å². The summed E-state index contributed by atoms with van der Waals surface area (Å²) in [5.74, 6) is 1.51. The van der Waals surface area contributed by atoms with Crippen LogP contribution < -0.4 is 34.9 Å². The number of ether oxygens (including phenoxy) is 4. The van der Waals surface area contributed by atoms with Gasteiger partial charge in [-0.05, 0) is 77.3 Å². The molecule has 24 heteroatoms. The monoisotopic (exact) mass is 1020 g/mol. The van der Waals surface area contributed by atoms with E-state index in [0.29, 0.717) is 128 Å². The van der Waals surface area contributed by atoms with E-state index in [9.17, 15) is 35.8 Å². The average Bonchev–Trinajstić information content (AvgIpc) is 3.95. The van der Waals surface area contributed by atoms with Gasteiger partial charge in [0.05, 0.1) is 69.2 Å². The normalized spacial score (nSPS) is 21.1. The highest BCUT2D eigenvalue weighted by Crippen LogP contribution is 2.49. The van der Waals surface area contributed by atoms with E-state index in [4.69, 9.17) is 27.3 Å². The molecular formula is C42H62N5O14PS4. The van der Waals surface area contributed by atoms with Crippen molar-refractivity contribution in [2.24, 2.45) is 0 Å². The first-order valence-electron chi connectivity index (χ1n) is 22.1. The van der Waals surface area contributed by atoms with Crippen molar-refractivity contribution in [3.63, 3.8) is 0 Å². The summed E-state index contributed by atoms with van der Waals surface area (Å²) >= 11 is 0. The number of nitrogens with one attached hydrogen (secondary N) is 3. The van der Waals surface area contributed by atoms with Gasteiger partial charge in [0.1, 0.15) is 0 Å². The molecular weight excluding hydrogens is 958 g/mol. The zero-order chi connectivity index (χ0) is 47.6. The average molecular weight is 1020 g/mol. The minimum absolute atomic E-state index is 0.000817. The summed E-state index contributed by atoms with van der Waals surface area (Å²) in [4.78, 5) is 42.3. The number of benzene rings is 2. The van der Waals surface area contributed by atoms with Crippen LogP contribution in [0.5, 0.6) is 23.0 Å². The first kappa shape index (κ1) is 51.8. The first-order chi connectivity index (χ1) is 31.5. The van der Waals surface area contributed by atoms with Crippen molar-refractivity contribution in [1.29, 1.82) is 0 Å². The maximum Gasteiger partial charge on any atom is 0.259 e. The third-order valence-electron chi connectivity index (χ3n) is 12.1. The fourth-order valence-corrected chi connectivity index (χ4v) is 15.2. The van der Waals surface area contributed by atoms with Crippen LogP contribution in [-0.2, 0) is 39.7 Å². The van der Waals surface area contributed by atoms with Crippen molar-refractivity contribution in [2.75, 3.05) is 82.4 Å². The van der Waals surface area contributed by atoms with Crippen molar-refractivity contribution < 1.29 is 63.1 Å². The predicted molar refractivity (Wildman–Crippen MR) is 256 cm³/mol. The summed E-state index contributed by atoms with van der Waals surface area (Å²) in [7, 11) is -1.23. The molecule has 0 aromatic heterocycles. The highest BCUT2D eigenvalue weighted by atomic mass is 33.1. The third kappa shape index (κ3) is 13.3. The predicted octanol–water partition coefficient (Wildman–Crippen LogP) is 5.18. The largest absolute Gasteiger partial charge is 0.493 e. The molecule has 4 aliphatic rings. The summed E-state index contributed by atoms with van der Waals surface area (Å²) in [5.41, 5.74) is 1.32. The molecule has 4 aliphatic heterocycles. The zero-order valence-electron chi connectivity index (χ0n) is 37.9. The first-order valence-corrected chi connectivity index (χ1v) is 28.9. The molecule has 2 aromatic carbocycles. The van der Waals surface area contributed by atoms with Gasteiger partial charge in [0.2, 0.25) is 5.91 Å². The Bertz CT molecular complexity index is 2140. The summed E-state index contributed by atoms with van der Waals surface area (Å²) in [6, 6.07) is 5.42. The van der Waals surface area contributed by atoms with Gasteiger partial charge in [-0.15, -0.1) is 0 Å². The molecule has 3 amide bonds. The molecule has 2 fully saturated rings. The van der Waals surface area contributed by atoms with Crippen molar-refractivity contribution in [1.82, 2.24) is 15.1 Å². The maximum atomic E-state index is 14.8. The van der Waals surface area contributed by atoms with Gasteiger partial charge in [0, 0.05) is 67.7 Å². The lowest BCUT2D eigenvalue weighted by molar-refractivity contribution is -0.120. The maximum absolute atomic E-state index is 14.8. The molecule has 6 rings (SSSR count). The lowest BCUT2D eigenvalue weighted by Gasteiger charge is -2.27. The Morgan fingerprint density at radius 3 is 1.68 bits per heavy atom. The fraction of sp³-hybridized carbons (Fsp3) is 0.643. The Balaban J connectivity index is 1.11. The van der Waals surface area contributed by atoms with Crippen molar-refractivity contribution in [3.05, 3.63) is 35.4 Å². The van der Waals surface area contributed by atoms with Gasteiger partial charge >= 0.3 is 0 Å². The second kappa shape index (κ2) is 23.6. The Morgan fingerprint density at radius 2 is 1.24 bits per heavy atom. The molecule has 0 saturated carbocycles. The van der Waals surface area contributed by atoms with Crippen LogP contribution in [-0.4, -0.2) is 145 Å². The highest BCUT2D eigenvalue weighted by molar-refractivity contribution is 8.77. The van der Waals surface area contributed by atoms with E-state index >= 15 is 0 Å². The van der Waals surface area contributed by atoms with E-state index in [-0.39, 0.29) is 35.7 Å². The van der Waals surface area contributed by atoms with Gasteiger partial charge in [0.15, 0.2) is 35.5 Å². The number of methoxy groups -OCH3 is 2. The van der Waals surface area contributed by atoms with Crippen LogP contribution in [0.2, 0.25) is 0 Å². The molecule has 0 aliphatic carbocycles. The van der Waals surface area contributed by atoms with Crippen LogP contribution >= 0.6 is 28.7 Å². The van der Waals surface area contributed by atoms with Crippen LogP contribution in [0.4, 0.5) is 11.4 Å². The van der Waals surface area contributed by atoms with E-state index in [1.165, 1.54) is 14.2 Å². The second-order valence-electron chi connectivity index (χ2n) is 17.1. The minimum atomic E-state index is -3.20. The van der Waals surface area contributed by atoms with Gasteiger partial charge in [0.25, 0.3) is 33.8 Å². The smallest absolute Gasteiger partial charge is 0.259 e. The minimum Gasteiger partial charge on any atom is -0.493 e. The molecule has 66 heavy (non-hydrogen) atoms. The van der Waals surface area contributed by atoms with Crippen molar-refractivity contribution in [2.45, 2.75) is 101 Å². The number of hydrogen-bond donors (Lipinski definition) is 5. The van der Waals surface area contributed by atoms with Crippen LogP contribution in [0.3, 0.4) is 0 Å². The van der Waals surface area contributed by atoms with Gasteiger partial charge in [-0.3, -0.25) is 14.4 Å². The number of anilines is 2. The Hall–Kier alpha value is -3.60. The molecule has 0 spiro atoms. The third-order valence-corrected chi connectivity index (χ3v) is 19.8. The molecule has 0 bridgehead atoms. The van der Waals surface area contributed by atoms with E-state index in [1.807, 2.05) is 0 Å². The molecule has 0 radical (unpaired) electrons. The summed E-state index contributed by atoms with van der Waals surface area (Å²) < 4.78 is 95.3. The molecule has 4 heterocycles. The summed E-state index contributed by atoms with van der Waals surface area (Å²) in [5, 5.41) is 8.87. The quantitative estimate of drug-likeness (QED) is 0.0373. The van der Waals surface area contributed by atoms with Gasteiger partial charge in [-0.25, -0.2) is 25.2 Å². The van der Waals surface area contributed by atoms with Crippen LogP contribution in [0.15, 0.2) is 24.3 Å². The Labute approximate surface area is 397 Å². The number of thiol groups is 2. The molecule has 2 aromatic rings. The van der Waals surface area contributed by atoms with Crippen LogP contribution in [0, 0.1) is 0 Å². The van der Waals surface area contributed by atoms with Gasteiger partial charge in [-0.2, -0.15) is 0 Å². The van der Waals surface area contributed by atoms with Crippen molar-refractivity contribution >= 4 is 79.8 Å². The SMILES string of the molecule is CNC(=O)CCC(C)(C)SSCCCP(=O)(CCCOc1cc2c(cc1OC)C(=O)N1CCC[C@H]1C(O[SH](=O)=O)N2)CCCOc1cc2c(cc1OC)C(=O)N1CCC[C@H]1C(O[SH](=O)=O)N2. The van der Waals surface area contributed by atoms with E-state index < -0.39 is 53.7 Å². The molecule has 2 saturated heterocycles. The molecule has 2 unspecified atom stereocenters. The zero-order valence-corrected chi connectivity index (χ0v) is 42.2. The molecule has 4 atom stereocenters. The lowest BCUT2D eigenvalue weighted by atomic mass is 10.1. The number of rotatable bonds is 25. The number of fused-ring (bicyclic) bond motifs is 4. The lowest BCUT2D eigenvalue weighted by Crippen LogP contribution is -2.44. The molecule has 368 valence electrons. The van der Waals surface area contributed by atoms with E-state index in [0.717, 1.165) is 12.2 Å². The van der Waals surface area contributed by atoms with Crippen molar-refractivity contribution in [3.8, 4) is 23.0 Å². The second-order valence-corrected chi connectivity index (χ2v) is 25.0. The highest BCUT2D eigenvalue weighted by Gasteiger charge is 2.42. The van der Waals surface area contributed by atoms with Crippen LogP contribution in [0.25, 0.3) is 0 Å². The fourth-order valence-electron chi connectivity index (χ4n) is 8.76. The van der Waals surface area contributed by atoms with E-state index in [2.05, 4.69) is 29.8 Å². The number of nitrogens with zero attached hydrogens (tertiary/aromatic N) is 2. The standard InChI is InChI=1S/C42H62N5O14PS4/c1-42(2,14-13-37(48)43-3)64-63-22-10-21-62(51,19-8-17-58-35-25-29-27(23-33(35)56-4)40(49)46-15-6-11-31(46)38(44-29)60-65(52)53)20-9-18-59-36-26-30-28(24-34(36)57-5)41(50)47-16-7-12-32(47)39(45-30)61-66(54)55/h23-26,31-32,38-39,44-45,65-66H,6-22H2,1-5H3,(H,43,48)/t31-,32-,38?,39?,62?/m0/s1. The summed E-state index contributed by atoms with van der Waals surface area (Å²) in [6.45, 7) is 5.50. The summed E-state index contributed by atoms with van der Waals surface area (Å²) in [6.07, 6.45) is 4.62. The number of carbonyl (C=O) groups is 3. The number of hydrogen-bond acceptors (Lipinski definition) is 18. The number of carbonyl (C=O) groups excluding carboxylic acids is 3. The number of amides is 3. The molecule has 19 nitrogen and oxygen atoms in total. The topological polar surface area (TPSA) is 235 Å².